The fourth-order valence-corrected chi connectivity index (χ4v) is 2.66. The summed E-state index contributed by atoms with van der Waals surface area (Å²) in [6, 6.07) is 11.3. The van der Waals surface area contributed by atoms with E-state index in [1.54, 1.807) is 18.3 Å². The first-order valence-corrected chi connectivity index (χ1v) is 7.90. The van der Waals surface area contributed by atoms with Crippen LogP contribution in [-0.4, -0.2) is 60.0 Å². The molecule has 1 aliphatic heterocycles. The number of carbonyl (C=O) groups excluding carboxylic acids is 1. The van der Waals surface area contributed by atoms with E-state index >= 15 is 0 Å². The molecule has 0 unspecified atom stereocenters. The number of carbonyl (C=O) groups is 1. The molecule has 2 aromatic rings. The fourth-order valence-electron chi connectivity index (χ4n) is 2.66. The Hall–Kier alpha value is -2.47. The van der Waals surface area contributed by atoms with Crippen molar-refractivity contribution in [3.05, 3.63) is 54.5 Å². The summed E-state index contributed by atoms with van der Waals surface area (Å²) in [5.74, 6) is 0.924. The number of aromatic nitrogens is 2. The molecular formula is C17H21N5O. The zero-order valence-corrected chi connectivity index (χ0v) is 13.1. The van der Waals surface area contributed by atoms with Crippen LogP contribution in [0.25, 0.3) is 0 Å². The monoisotopic (exact) mass is 311 g/mol. The molecule has 2 aromatic heterocycles. The number of nitrogens with one attached hydrogen (secondary N) is 1. The SMILES string of the molecule is O=C(NCCN1CCN(c2ccccn2)CC1)c1ccccn1. The number of hydrogen-bond acceptors (Lipinski definition) is 5. The van der Waals surface area contributed by atoms with Gasteiger partial charge in [-0.05, 0) is 24.3 Å². The Balaban J connectivity index is 1.39. The van der Waals surface area contributed by atoms with Gasteiger partial charge in [0.15, 0.2) is 0 Å². The highest BCUT2D eigenvalue weighted by molar-refractivity contribution is 5.92. The van der Waals surface area contributed by atoms with Crippen molar-refractivity contribution in [1.82, 2.24) is 20.2 Å². The first-order chi connectivity index (χ1) is 11.3. The third-order valence-electron chi connectivity index (χ3n) is 3.96. The topological polar surface area (TPSA) is 61.4 Å². The van der Waals surface area contributed by atoms with Gasteiger partial charge in [0.1, 0.15) is 11.5 Å². The zero-order chi connectivity index (χ0) is 15.9. The smallest absolute Gasteiger partial charge is 0.269 e. The molecule has 0 spiro atoms. The standard InChI is InChI=1S/C17H21N5O/c23-17(15-5-1-3-7-18-15)20-9-10-21-11-13-22(14-12-21)16-6-2-4-8-19-16/h1-8H,9-14H2,(H,20,23). The molecule has 0 atom stereocenters. The van der Waals surface area contributed by atoms with Crippen LogP contribution in [0.1, 0.15) is 10.5 Å². The number of amides is 1. The van der Waals surface area contributed by atoms with E-state index in [0.717, 1.165) is 38.5 Å². The lowest BCUT2D eigenvalue weighted by molar-refractivity contribution is 0.0943. The van der Waals surface area contributed by atoms with Gasteiger partial charge in [0.2, 0.25) is 0 Å². The van der Waals surface area contributed by atoms with Gasteiger partial charge >= 0.3 is 0 Å². The van der Waals surface area contributed by atoms with Crippen LogP contribution in [0.15, 0.2) is 48.8 Å². The lowest BCUT2D eigenvalue weighted by atomic mass is 10.3. The molecule has 23 heavy (non-hydrogen) atoms. The Morgan fingerprint density at radius 1 is 1.00 bits per heavy atom. The van der Waals surface area contributed by atoms with Crippen LogP contribution >= 0.6 is 0 Å². The number of hydrogen-bond donors (Lipinski definition) is 1. The second-order valence-electron chi connectivity index (χ2n) is 5.49. The Kier molecular flexibility index (Phi) is 5.16. The van der Waals surface area contributed by atoms with Gasteiger partial charge in [-0.15, -0.1) is 0 Å². The summed E-state index contributed by atoms with van der Waals surface area (Å²) in [4.78, 5) is 25.0. The molecule has 1 amide bonds. The van der Waals surface area contributed by atoms with Crippen LogP contribution < -0.4 is 10.2 Å². The normalized spacial score (nSPS) is 15.4. The zero-order valence-electron chi connectivity index (χ0n) is 13.1. The third-order valence-corrected chi connectivity index (χ3v) is 3.96. The minimum Gasteiger partial charge on any atom is -0.354 e. The molecule has 3 heterocycles. The molecule has 0 aliphatic carbocycles. The molecule has 3 rings (SSSR count). The van der Waals surface area contributed by atoms with Crippen LogP contribution in [-0.2, 0) is 0 Å². The van der Waals surface area contributed by atoms with Gasteiger partial charge in [0, 0.05) is 51.7 Å². The number of anilines is 1. The summed E-state index contributed by atoms with van der Waals surface area (Å²) in [6.07, 6.45) is 3.46. The largest absolute Gasteiger partial charge is 0.354 e. The van der Waals surface area contributed by atoms with E-state index in [4.69, 9.17) is 0 Å². The second-order valence-corrected chi connectivity index (χ2v) is 5.49. The molecule has 1 fully saturated rings. The quantitative estimate of drug-likeness (QED) is 0.893. The van der Waals surface area contributed by atoms with Gasteiger partial charge in [0.05, 0.1) is 0 Å². The Morgan fingerprint density at radius 3 is 2.39 bits per heavy atom. The average molecular weight is 311 g/mol. The summed E-state index contributed by atoms with van der Waals surface area (Å²) in [5.41, 5.74) is 0.465. The van der Waals surface area contributed by atoms with Crippen molar-refractivity contribution in [2.24, 2.45) is 0 Å². The number of rotatable bonds is 5. The molecule has 0 radical (unpaired) electrons. The summed E-state index contributed by atoms with van der Waals surface area (Å²) in [5, 5.41) is 2.92. The van der Waals surface area contributed by atoms with Crippen molar-refractivity contribution in [2.45, 2.75) is 0 Å². The van der Waals surface area contributed by atoms with E-state index in [1.807, 2.05) is 30.5 Å². The van der Waals surface area contributed by atoms with E-state index < -0.39 is 0 Å². The number of pyridine rings is 2. The first kappa shape index (κ1) is 15.4. The molecule has 0 saturated carbocycles. The maximum absolute atomic E-state index is 11.9. The Labute approximate surface area is 136 Å². The maximum atomic E-state index is 11.9. The minimum absolute atomic E-state index is 0.113. The van der Waals surface area contributed by atoms with Gasteiger partial charge in [-0.2, -0.15) is 0 Å². The molecule has 6 heteroatoms. The predicted octanol–water partition coefficient (Wildman–Crippen LogP) is 1.03. The third kappa shape index (κ3) is 4.26. The lowest BCUT2D eigenvalue weighted by Crippen LogP contribution is -2.48. The maximum Gasteiger partial charge on any atom is 0.269 e. The van der Waals surface area contributed by atoms with Gasteiger partial charge in [-0.25, -0.2) is 4.98 Å². The molecule has 6 nitrogen and oxygen atoms in total. The molecule has 1 aliphatic rings. The van der Waals surface area contributed by atoms with Crippen molar-refractivity contribution in [3.63, 3.8) is 0 Å². The highest BCUT2D eigenvalue weighted by atomic mass is 16.1. The van der Waals surface area contributed by atoms with Crippen LogP contribution in [0.2, 0.25) is 0 Å². The molecule has 120 valence electrons. The lowest BCUT2D eigenvalue weighted by Gasteiger charge is -2.35. The minimum atomic E-state index is -0.113. The van der Waals surface area contributed by atoms with Crippen LogP contribution in [0.3, 0.4) is 0 Å². The summed E-state index contributed by atoms with van der Waals surface area (Å²) < 4.78 is 0. The molecule has 0 aromatic carbocycles. The molecule has 1 N–H and O–H groups in total. The highest BCUT2D eigenvalue weighted by Gasteiger charge is 2.17. The van der Waals surface area contributed by atoms with Crippen LogP contribution in [0.4, 0.5) is 5.82 Å². The van der Waals surface area contributed by atoms with Gasteiger partial charge in [-0.3, -0.25) is 14.7 Å². The van der Waals surface area contributed by atoms with Crippen LogP contribution in [0, 0.1) is 0 Å². The molecule has 1 saturated heterocycles. The number of nitrogens with zero attached hydrogens (tertiary/aromatic N) is 4. The van der Waals surface area contributed by atoms with E-state index in [2.05, 4.69) is 25.1 Å². The van der Waals surface area contributed by atoms with Crippen LogP contribution in [0.5, 0.6) is 0 Å². The highest BCUT2D eigenvalue weighted by Crippen LogP contribution is 2.11. The van der Waals surface area contributed by atoms with Crippen molar-refractivity contribution in [1.29, 1.82) is 0 Å². The van der Waals surface area contributed by atoms with E-state index in [-0.39, 0.29) is 5.91 Å². The van der Waals surface area contributed by atoms with Crippen molar-refractivity contribution in [2.75, 3.05) is 44.2 Å². The number of piperazine rings is 1. The van der Waals surface area contributed by atoms with Crippen molar-refractivity contribution in [3.8, 4) is 0 Å². The van der Waals surface area contributed by atoms with Crippen molar-refractivity contribution < 1.29 is 4.79 Å². The van der Waals surface area contributed by atoms with Gasteiger partial charge in [-0.1, -0.05) is 12.1 Å². The predicted molar refractivity (Wildman–Crippen MR) is 89.5 cm³/mol. The van der Waals surface area contributed by atoms with Crippen molar-refractivity contribution >= 4 is 11.7 Å². The second kappa shape index (κ2) is 7.69. The summed E-state index contributed by atoms with van der Waals surface area (Å²) in [6.45, 7) is 5.39. The van der Waals surface area contributed by atoms with Gasteiger partial charge in [0.25, 0.3) is 5.91 Å². The summed E-state index contributed by atoms with van der Waals surface area (Å²) in [7, 11) is 0. The van der Waals surface area contributed by atoms with E-state index in [0.29, 0.717) is 12.2 Å². The van der Waals surface area contributed by atoms with E-state index in [9.17, 15) is 4.79 Å². The first-order valence-electron chi connectivity index (χ1n) is 7.90. The average Bonchev–Trinajstić information content (AvgIpc) is 2.64. The summed E-state index contributed by atoms with van der Waals surface area (Å²) >= 11 is 0. The van der Waals surface area contributed by atoms with E-state index in [1.165, 1.54) is 0 Å². The van der Waals surface area contributed by atoms with Gasteiger partial charge < -0.3 is 10.2 Å². The Bertz CT molecular complexity index is 611. The Morgan fingerprint density at radius 2 is 1.74 bits per heavy atom. The fraction of sp³-hybridized carbons (Fsp3) is 0.353. The molecular weight excluding hydrogens is 290 g/mol. The molecule has 0 bridgehead atoms.